The van der Waals surface area contributed by atoms with E-state index in [1.54, 1.807) is 11.3 Å². The maximum Gasteiger partial charge on any atom is 0.129 e. The van der Waals surface area contributed by atoms with Crippen molar-refractivity contribution in [2.75, 3.05) is 11.9 Å². The Morgan fingerprint density at radius 3 is 2.88 bits per heavy atom. The van der Waals surface area contributed by atoms with Crippen LogP contribution in [0.5, 0.6) is 0 Å². The fraction of sp³-hybridized carbons (Fsp3) is 0.308. The van der Waals surface area contributed by atoms with Gasteiger partial charge in [-0.2, -0.15) is 0 Å². The summed E-state index contributed by atoms with van der Waals surface area (Å²) in [6.45, 7) is 2.88. The summed E-state index contributed by atoms with van der Waals surface area (Å²) in [5, 5.41) is 2.09. The van der Waals surface area contributed by atoms with Gasteiger partial charge in [-0.05, 0) is 36.1 Å². The third-order valence-electron chi connectivity index (χ3n) is 2.52. The Kier molecular flexibility index (Phi) is 4.02. The molecule has 2 rings (SSSR count). The van der Waals surface area contributed by atoms with Crippen LogP contribution in [-0.4, -0.2) is 12.0 Å². The molecule has 0 unspecified atom stereocenters. The lowest BCUT2D eigenvalue weighted by Crippen LogP contribution is -2.17. The monoisotopic (exact) mass is 266 g/mol. The average Bonchev–Trinajstić information content (AvgIpc) is 2.81. The average molecular weight is 267 g/mol. The van der Waals surface area contributed by atoms with Crippen molar-refractivity contribution < 1.29 is 0 Å². The molecule has 4 heteroatoms. The number of alkyl halides is 1. The first-order chi connectivity index (χ1) is 8.19. The van der Waals surface area contributed by atoms with Gasteiger partial charge in [-0.3, -0.25) is 0 Å². The van der Waals surface area contributed by atoms with Gasteiger partial charge in [0.2, 0.25) is 0 Å². The molecule has 0 atom stereocenters. The van der Waals surface area contributed by atoms with Gasteiger partial charge in [-0.25, -0.2) is 4.98 Å². The number of halogens is 1. The molecule has 0 spiro atoms. The van der Waals surface area contributed by atoms with E-state index in [2.05, 4.69) is 34.4 Å². The third kappa shape index (κ3) is 3.20. The molecule has 17 heavy (non-hydrogen) atoms. The maximum atomic E-state index is 5.87. The summed E-state index contributed by atoms with van der Waals surface area (Å²) < 4.78 is 0. The highest BCUT2D eigenvalue weighted by atomic mass is 35.5. The van der Waals surface area contributed by atoms with E-state index >= 15 is 0 Å². The maximum absolute atomic E-state index is 5.87. The number of hydrogen-bond acceptors (Lipinski definition) is 3. The number of nitrogens with zero attached hydrogens (tertiary/aromatic N) is 2. The second kappa shape index (κ2) is 5.52. The third-order valence-corrected chi connectivity index (χ3v) is 3.69. The smallest absolute Gasteiger partial charge is 0.129 e. The molecule has 2 nitrogen and oxygen atoms in total. The van der Waals surface area contributed by atoms with Crippen molar-refractivity contribution in [1.29, 1.82) is 0 Å². The molecular weight excluding hydrogens is 252 g/mol. The number of rotatable bonds is 4. The van der Waals surface area contributed by atoms with Crippen molar-refractivity contribution in [1.82, 2.24) is 4.98 Å². The topological polar surface area (TPSA) is 16.1 Å². The zero-order chi connectivity index (χ0) is 12.3. The Morgan fingerprint density at radius 2 is 2.24 bits per heavy atom. The molecule has 0 radical (unpaired) electrons. The van der Waals surface area contributed by atoms with Crippen LogP contribution in [0.3, 0.4) is 0 Å². The minimum Gasteiger partial charge on any atom is -0.355 e. The Balaban J connectivity index is 2.18. The van der Waals surface area contributed by atoms with E-state index < -0.39 is 0 Å². The van der Waals surface area contributed by atoms with Crippen molar-refractivity contribution in [2.24, 2.45) is 0 Å². The lowest BCUT2D eigenvalue weighted by Gasteiger charge is -2.18. The van der Waals surface area contributed by atoms with Crippen LogP contribution in [0.2, 0.25) is 0 Å². The quantitative estimate of drug-likeness (QED) is 0.782. The Bertz CT molecular complexity index is 482. The van der Waals surface area contributed by atoms with Gasteiger partial charge in [-0.1, -0.05) is 6.07 Å². The van der Waals surface area contributed by atoms with Gasteiger partial charge in [0.1, 0.15) is 5.82 Å². The van der Waals surface area contributed by atoms with Gasteiger partial charge >= 0.3 is 0 Å². The molecule has 0 saturated carbocycles. The lowest BCUT2D eigenvalue weighted by molar-refractivity contribution is 0.903. The summed E-state index contributed by atoms with van der Waals surface area (Å²) in [4.78, 5) is 8.02. The van der Waals surface area contributed by atoms with Gasteiger partial charge in [0.25, 0.3) is 0 Å². The molecule has 0 aliphatic rings. The van der Waals surface area contributed by atoms with Crippen LogP contribution >= 0.6 is 22.9 Å². The van der Waals surface area contributed by atoms with Gasteiger partial charge in [-0.15, -0.1) is 22.9 Å². The molecule has 0 N–H and O–H groups in total. The first kappa shape index (κ1) is 12.4. The first-order valence-corrected chi connectivity index (χ1v) is 6.87. The molecule has 0 fully saturated rings. The van der Waals surface area contributed by atoms with Gasteiger partial charge in [0.05, 0.1) is 6.54 Å². The number of anilines is 1. The van der Waals surface area contributed by atoms with E-state index in [0.29, 0.717) is 5.88 Å². The molecule has 0 bridgehead atoms. The Labute approximate surface area is 111 Å². The first-order valence-electron chi connectivity index (χ1n) is 5.46. The number of aromatic nitrogens is 1. The van der Waals surface area contributed by atoms with Crippen molar-refractivity contribution in [2.45, 2.75) is 19.3 Å². The van der Waals surface area contributed by atoms with Crippen LogP contribution < -0.4 is 4.90 Å². The second-order valence-corrected chi connectivity index (χ2v) is 5.34. The summed E-state index contributed by atoms with van der Waals surface area (Å²) in [7, 11) is 2.06. The van der Waals surface area contributed by atoms with E-state index in [-0.39, 0.29) is 0 Å². The summed E-state index contributed by atoms with van der Waals surface area (Å²) >= 11 is 7.64. The minimum atomic E-state index is 0.531. The number of pyridine rings is 1. The van der Waals surface area contributed by atoms with Crippen LogP contribution in [-0.2, 0) is 12.4 Å². The van der Waals surface area contributed by atoms with Crippen molar-refractivity contribution in [3.8, 4) is 0 Å². The molecule has 0 aliphatic carbocycles. The Hall–Kier alpha value is -1.06. The van der Waals surface area contributed by atoms with Crippen molar-refractivity contribution >= 4 is 28.8 Å². The number of aryl methyl sites for hydroxylation is 1. The summed E-state index contributed by atoms with van der Waals surface area (Å²) in [6.07, 6.45) is 0. The van der Waals surface area contributed by atoms with Crippen LogP contribution in [0.25, 0.3) is 0 Å². The van der Waals surface area contributed by atoms with Crippen LogP contribution in [0.4, 0.5) is 5.82 Å². The highest BCUT2D eigenvalue weighted by Crippen LogP contribution is 2.19. The highest BCUT2D eigenvalue weighted by Gasteiger charge is 2.06. The van der Waals surface area contributed by atoms with Gasteiger partial charge in [0, 0.05) is 23.5 Å². The molecular formula is C13H15ClN2S. The number of hydrogen-bond donors (Lipinski definition) is 0. The summed E-state index contributed by atoms with van der Waals surface area (Å²) in [6, 6.07) is 8.28. The molecule has 0 aromatic carbocycles. The fourth-order valence-electron chi connectivity index (χ4n) is 1.71. The lowest BCUT2D eigenvalue weighted by atomic mass is 10.2. The normalized spacial score (nSPS) is 10.5. The van der Waals surface area contributed by atoms with Crippen LogP contribution in [0.1, 0.15) is 16.1 Å². The van der Waals surface area contributed by atoms with Gasteiger partial charge in [0.15, 0.2) is 0 Å². The predicted octanol–water partition coefficient (Wildman–Crippen LogP) is 3.83. The Morgan fingerprint density at radius 1 is 1.41 bits per heavy atom. The molecule has 0 amide bonds. The zero-order valence-electron chi connectivity index (χ0n) is 9.98. The largest absolute Gasteiger partial charge is 0.355 e. The van der Waals surface area contributed by atoms with Crippen molar-refractivity contribution in [3.63, 3.8) is 0 Å². The van der Waals surface area contributed by atoms with E-state index in [0.717, 1.165) is 23.6 Å². The SMILES string of the molecule is Cc1cc(CCl)cc(N(C)Cc2cccs2)n1. The van der Waals surface area contributed by atoms with E-state index in [9.17, 15) is 0 Å². The fourth-order valence-corrected chi connectivity index (χ4v) is 2.62. The number of thiophene rings is 1. The molecule has 2 aromatic heterocycles. The predicted molar refractivity (Wildman–Crippen MR) is 75.0 cm³/mol. The molecule has 0 saturated heterocycles. The minimum absolute atomic E-state index is 0.531. The molecule has 2 heterocycles. The van der Waals surface area contributed by atoms with Crippen LogP contribution in [0.15, 0.2) is 29.6 Å². The van der Waals surface area contributed by atoms with E-state index in [4.69, 9.17) is 11.6 Å². The van der Waals surface area contributed by atoms with Gasteiger partial charge < -0.3 is 4.90 Å². The second-order valence-electron chi connectivity index (χ2n) is 4.04. The molecule has 0 aliphatic heterocycles. The molecule has 2 aromatic rings. The van der Waals surface area contributed by atoms with Crippen molar-refractivity contribution in [3.05, 3.63) is 45.8 Å². The van der Waals surface area contributed by atoms with E-state index in [1.807, 2.05) is 19.1 Å². The summed E-state index contributed by atoms with van der Waals surface area (Å²) in [5.41, 5.74) is 2.13. The summed E-state index contributed by atoms with van der Waals surface area (Å²) in [5.74, 6) is 1.51. The molecule has 90 valence electrons. The standard InChI is InChI=1S/C13H15ClN2S/c1-10-6-11(8-14)7-13(15-10)16(2)9-12-4-3-5-17-12/h3-7H,8-9H2,1-2H3. The van der Waals surface area contributed by atoms with Crippen LogP contribution in [0, 0.1) is 6.92 Å². The highest BCUT2D eigenvalue weighted by molar-refractivity contribution is 7.09. The van der Waals surface area contributed by atoms with E-state index in [1.165, 1.54) is 4.88 Å². The zero-order valence-corrected chi connectivity index (χ0v) is 11.6.